The van der Waals surface area contributed by atoms with E-state index in [9.17, 15) is 14.4 Å². The van der Waals surface area contributed by atoms with Crippen LogP contribution in [0.5, 0.6) is 11.5 Å². The van der Waals surface area contributed by atoms with Crippen LogP contribution in [0.15, 0.2) is 94.3 Å². The first kappa shape index (κ1) is 27.5. The molecule has 0 radical (unpaired) electrons. The van der Waals surface area contributed by atoms with Crippen molar-refractivity contribution in [3.8, 4) is 11.5 Å². The number of nitrogens with zero attached hydrogens (tertiary/aromatic N) is 1. The number of rotatable bonds is 9. The van der Waals surface area contributed by atoms with Crippen LogP contribution in [0.25, 0.3) is 16.8 Å². The third-order valence-corrected chi connectivity index (χ3v) is 7.55. The summed E-state index contributed by atoms with van der Waals surface area (Å²) >= 11 is 4.27. The lowest BCUT2D eigenvalue weighted by atomic mass is 10.1. The van der Waals surface area contributed by atoms with Crippen molar-refractivity contribution in [2.24, 2.45) is 0 Å². The van der Waals surface area contributed by atoms with Gasteiger partial charge in [0.2, 0.25) is 5.91 Å². The number of thioether (sulfide) groups is 1. The summed E-state index contributed by atoms with van der Waals surface area (Å²) in [4.78, 5) is 39.5. The molecular formula is C31H25BrN2O5S. The summed E-state index contributed by atoms with van der Waals surface area (Å²) in [6.45, 7) is 2.36. The highest BCUT2D eigenvalue weighted by Crippen LogP contribution is 2.35. The molecule has 202 valence electrons. The molecule has 9 heteroatoms. The summed E-state index contributed by atoms with van der Waals surface area (Å²) < 4.78 is 12.4. The Labute approximate surface area is 244 Å². The number of imide groups is 1. The number of ether oxygens (including phenoxy) is 2. The Bertz CT molecular complexity index is 1610. The number of hydrogen-bond acceptors (Lipinski definition) is 6. The summed E-state index contributed by atoms with van der Waals surface area (Å²) in [6, 6.07) is 26.5. The van der Waals surface area contributed by atoms with E-state index in [4.69, 9.17) is 9.47 Å². The molecule has 0 aliphatic carbocycles. The molecule has 0 saturated carbocycles. The van der Waals surface area contributed by atoms with Gasteiger partial charge in [-0.15, -0.1) is 0 Å². The maximum absolute atomic E-state index is 13.1. The smallest absolute Gasteiger partial charge is 0.294 e. The van der Waals surface area contributed by atoms with Crippen LogP contribution in [0, 0.1) is 0 Å². The second-order valence-corrected chi connectivity index (χ2v) is 10.8. The lowest BCUT2D eigenvalue weighted by Gasteiger charge is -2.13. The van der Waals surface area contributed by atoms with Crippen LogP contribution in [-0.4, -0.2) is 35.1 Å². The lowest BCUT2D eigenvalue weighted by molar-refractivity contribution is -0.127. The van der Waals surface area contributed by atoms with Crippen LogP contribution in [0.2, 0.25) is 0 Å². The number of nitrogens with one attached hydrogen (secondary N) is 1. The van der Waals surface area contributed by atoms with Gasteiger partial charge in [0.15, 0.2) is 0 Å². The van der Waals surface area contributed by atoms with Crippen molar-refractivity contribution in [2.45, 2.75) is 13.5 Å². The minimum atomic E-state index is -0.531. The Hall–Kier alpha value is -4.08. The van der Waals surface area contributed by atoms with Crippen molar-refractivity contribution in [1.82, 2.24) is 4.90 Å². The van der Waals surface area contributed by atoms with Crippen LogP contribution in [0.3, 0.4) is 0 Å². The minimum Gasteiger partial charge on any atom is -0.494 e. The molecule has 1 heterocycles. The molecule has 1 fully saturated rings. The molecule has 0 bridgehead atoms. The molecular weight excluding hydrogens is 592 g/mol. The van der Waals surface area contributed by atoms with Gasteiger partial charge >= 0.3 is 0 Å². The van der Waals surface area contributed by atoms with Crippen molar-refractivity contribution in [3.05, 3.63) is 105 Å². The van der Waals surface area contributed by atoms with Gasteiger partial charge in [-0.2, -0.15) is 0 Å². The van der Waals surface area contributed by atoms with E-state index in [0.717, 1.165) is 37.5 Å². The van der Waals surface area contributed by atoms with Gasteiger partial charge in [-0.25, -0.2) is 0 Å². The number of amides is 3. The fraction of sp³-hybridized carbons (Fsp3) is 0.129. The van der Waals surface area contributed by atoms with E-state index < -0.39 is 23.6 Å². The minimum absolute atomic E-state index is 0.215. The molecule has 4 aromatic carbocycles. The van der Waals surface area contributed by atoms with Crippen LogP contribution >= 0.6 is 27.7 Å². The molecule has 0 unspecified atom stereocenters. The predicted octanol–water partition coefficient (Wildman–Crippen LogP) is 7.26. The number of anilines is 1. The molecule has 0 atom stereocenters. The van der Waals surface area contributed by atoms with Crippen LogP contribution in [-0.2, 0) is 16.2 Å². The third kappa shape index (κ3) is 6.38. The van der Waals surface area contributed by atoms with Gasteiger partial charge in [0.25, 0.3) is 11.1 Å². The quantitative estimate of drug-likeness (QED) is 0.199. The van der Waals surface area contributed by atoms with Crippen molar-refractivity contribution in [3.63, 3.8) is 0 Å². The summed E-state index contributed by atoms with van der Waals surface area (Å²) in [5.41, 5.74) is 2.21. The number of carbonyl (C=O) groups is 3. The highest BCUT2D eigenvalue weighted by atomic mass is 79.9. The van der Waals surface area contributed by atoms with Crippen LogP contribution < -0.4 is 14.8 Å². The second-order valence-electron chi connectivity index (χ2n) is 8.88. The van der Waals surface area contributed by atoms with E-state index in [1.807, 2.05) is 49.4 Å². The monoisotopic (exact) mass is 616 g/mol. The zero-order valence-electron chi connectivity index (χ0n) is 21.6. The maximum atomic E-state index is 13.1. The maximum Gasteiger partial charge on any atom is 0.294 e. The fourth-order valence-corrected chi connectivity index (χ4v) is 5.47. The van der Waals surface area contributed by atoms with Crippen molar-refractivity contribution in [1.29, 1.82) is 0 Å². The van der Waals surface area contributed by atoms with E-state index in [1.54, 1.807) is 30.3 Å². The number of halogens is 1. The van der Waals surface area contributed by atoms with Crippen molar-refractivity contribution < 1.29 is 23.9 Å². The van der Waals surface area contributed by atoms with Gasteiger partial charge in [-0.3, -0.25) is 19.3 Å². The average Bonchev–Trinajstić information content (AvgIpc) is 3.21. The Morgan fingerprint density at radius 1 is 0.975 bits per heavy atom. The molecule has 1 saturated heterocycles. The summed E-state index contributed by atoms with van der Waals surface area (Å²) in [6.07, 6.45) is 1.62. The average molecular weight is 618 g/mol. The SMILES string of the molecule is CCOc1ccc(NC(=O)CN2C(=O)S/C(=C/c3cc(Br)ccc3OCc3cccc4ccccc34)C2=O)cc1. The molecule has 1 aliphatic rings. The highest BCUT2D eigenvalue weighted by molar-refractivity contribution is 9.10. The Balaban J connectivity index is 1.29. The van der Waals surface area contributed by atoms with Gasteiger partial charge in [-0.1, -0.05) is 58.4 Å². The Morgan fingerprint density at radius 2 is 1.75 bits per heavy atom. The van der Waals surface area contributed by atoms with Crippen LogP contribution in [0.1, 0.15) is 18.1 Å². The number of hydrogen-bond donors (Lipinski definition) is 1. The van der Waals surface area contributed by atoms with Gasteiger partial charge < -0.3 is 14.8 Å². The molecule has 3 amide bonds. The second kappa shape index (κ2) is 12.4. The third-order valence-electron chi connectivity index (χ3n) is 6.15. The number of fused-ring (bicyclic) bond motifs is 1. The normalized spacial score (nSPS) is 14.2. The molecule has 0 aromatic heterocycles. The first-order chi connectivity index (χ1) is 19.4. The molecule has 1 aliphatic heterocycles. The van der Waals surface area contributed by atoms with Gasteiger partial charge in [0.05, 0.1) is 11.5 Å². The predicted molar refractivity (Wildman–Crippen MR) is 161 cm³/mol. The highest BCUT2D eigenvalue weighted by Gasteiger charge is 2.36. The van der Waals surface area contributed by atoms with Gasteiger partial charge in [0, 0.05) is 15.7 Å². The Kier molecular flexibility index (Phi) is 8.52. The lowest BCUT2D eigenvalue weighted by Crippen LogP contribution is -2.36. The van der Waals surface area contributed by atoms with E-state index in [-0.39, 0.29) is 4.91 Å². The molecule has 7 nitrogen and oxygen atoms in total. The van der Waals surface area contributed by atoms with E-state index in [2.05, 4.69) is 39.4 Å². The largest absolute Gasteiger partial charge is 0.494 e. The van der Waals surface area contributed by atoms with Crippen LogP contribution in [0.4, 0.5) is 10.5 Å². The van der Waals surface area contributed by atoms with E-state index >= 15 is 0 Å². The molecule has 40 heavy (non-hydrogen) atoms. The summed E-state index contributed by atoms with van der Waals surface area (Å²) in [5.74, 6) is 0.242. The first-order valence-corrected chi connectivity index (χ1v) is 14.2. The molecule has 5 rings (SSSR count). The summed E-state index contributed by atoms with van der Waals surface area (Å²) in [7, 11) is 0. The number of benzene rings is 4. The van der Waals surface area contributed by atoms with Gasteiger partial charge in [0.1, 0.15) is 24.7 Å². The van der Waals surface area contributed by atoms with E-state index in [1.165, 1.54) is 0 Å². The van der Waals surface area contributed by atoms with Crippen molar-refractivity contribution >= 4 is 67.3 Å². The Morgan fingerprint density at radius 3 is 2.55 bits per heavy atom. The zero-order valence-corrected chi connectivity index (χ0v) is 24.0. The number of carbonyl (C=O) groups excluding carboxylic acids is 3. The molecule has 1 N–H and O–H groups in total. The standard InChI is InChI=1S/C31H25BrN2O5S/c1-2-38-25-13-11-24(12-14-25)33-29(35)18-34-30(36)28(40-31(34)37)17-22-16-23(32)10-15-27(22)39-19-21-8-5-7-20-6-3-4-9-26(20)21/h3-17H,2,18-19H2,1H3,(H,33,35)/b28-17+. The first-order valence-electron chi connectivity index (χ1n) is 12.6. The van der Waals surface area contributed by atoms with Gasteiger partial charge in [-0.05, 0) is 83.6 Å². The summed E-state index contributed by atoms with van der Waals surface area (Å²) in [5, 5.41) is 4.43. The van der Waals surface area contributed by atoms with E-state index in [0.29, 0.717) is 36.0 Å². The fourth-order valence-electron chi connectivity index (χ4n) is 4.26. The molecule has 0 spiro atoms. The van der Waals surface area contributed by atoms with Crippen molar-refractivity contribution in [2.75, 3.05) is 18.5 Å². The topological polar surface area (TPSA) is 84.9 Å². The molecule has 4 aromatic rings. The zero-order chi connectivity index (χ0) is 28.1.